The third-order valence-corrected chi connectivity index (χ3v) is 2.84. The van der Waals surface area contributed by atoms with E-state index in [-0.39, 0.29) is 17.2 Å². The van der Waals surface area contributed by atoms with Crippen molar-refractivity contribution in [1.82, 2.24) is 9.97 Å². The number of nitrogens with zero attached hydrogens (tertiary/aromatic N) is 3. The average molecular weight is 302 g/mol. The molecule has 0 atom stereocenters. The minimum Gasteiger partial charge on any atom is -0.477 e. The second-order valence-corrected chi connectivity index (χ2v) is 4.50. The number of nitrogens with one attached hydrogen (secondary N) is 1. The molecule has 1 heterocycles. The van der Waals surface area contributed by atoms with Gasteiger partial charge in [-0.1, -0.05) is 6.92 Å². The lowest BCUT2D eigenvalue weighted by molar-refractivity contribution is -0.384. The molecule has 0 spiro atoms. The zero-order valence-corrected chi connectivity index (χ0v) is 11.8. The summed E-state index contributed by atoms with van der Waals surface area (Å²) in [6, 6.07) is 6.98. The third kappa shape index (κ3) is 3.54. The number of carbonyl (C=O) groups is 1. The van der Waals surface area contributed by atoms with Crippen LogP contribution in [0.15, 0.2) is 30.3 Å². The van der Waals surface area contributed by atoms with E-state index in [2.05, 4.69) is 15.3 Å². The SMILES string of the molecule is CCCNc1cc(C(=O)O)nc(-c2ccc([N+](=O)[O-])cc2)n1. The maximum atomic E-state index is 11.1. The van der Waals surface area contributed by atoms with Crippen molar-refractivity contribution in [1.29, 1.82) is 0 Å². The van der Waals surface area contributed by atoms with Crippen LogP contribution in [0, 0.1) is 10.1 Å². The third-order valence-electron chi connectivity index (χ3n) is 2.84. The monoisotopic (exact) mass is 302 g/mol. The molecular weight excluding hydrogens is 288 g/mol. The summed E-state index contributed by atoms with van der Waals surface area (Å²) in [5.74, 6) is -0.555. The number of non-ortho nitro benzene ring substituents is 1. The van der Waals surface area contributed by atoms with Crippen LogP contribution >= 0.6 is 0 Å². The largest absolute Gasteiger partial charge is 0.477 e. The molecule has 0 radical (unpaired) electrons. The summed E-state index contributed by atoms with van der Waals surface area (Å²) in [6.45, 7) is 2.62. The minimum atomic E-state index is -1.16. The van der Waals surface area contributed by atoms with E-state index in [0.29, 0.717) is 17.9 Å². The maximum absolute atomic E-state index is 11.1. The lowest BCUT2D eigenvalue weighted by Crippen LogP contribution is -2.08. The van der Waals surface area contributed by atoms with E-state index in [4.69, 9.17) is 5.11 Å². The molecule has 1 aromatic heterocycles. The topological polar surface area (TPSA) is 118 Å². The predicted octanol–water partition coefficient (Wildman–Crippen LogP) is 2.57. The molecule has 114 valence electrons. The fourth-order valence-corrected chi connectivity index (χ4v) is 1.76. The molecule has 1 aromatic carbocycles. The highest BCUT2D eigenvalue weighted by Crippen LogP contribution is 2.21. The Kier molecular flexibility index (Phi) is 4.62. The van der Waals surface area contributed by atoms with Crippen LogP contribution in [0.25, 0.3) is 11.4 Å². The molecule has 0 aliphatic carbocycles. The van der Waals surface area contributed by atoms with Gasteiger partial charge in [-0.2, -0.15) is 0 Å². The van der Waals surface area contributed by atoms with Crippen molar-refractivity contribution in [2.24, 2.45) is 0 Å². The summed E-state index contributed by atoms with van der Waals surface area (Å²) in [6.07, 6.45) is 0.860. The predicted molar refractivity (Wildman–Crippen MR) is 79.9 cm³/mol. The van der Waals surface area contributed by atoms with E-state index in [1.54, 1.807) is 0 Å². The second-order valence-electron chi connectivity index (χ2n) is 4.50. The van der Waals surface area contributed by atoms with E-state index in [1.807, 2.05) is 6.92 Å². The van der Waals surface area contributed by atoms with Crippen LogP contribution in [-0.4, -0.2) is 32.5 Å². The summed E-state index contributed by atoms with van der Waals surface area (Å²) < 4.78 is 0. The first kappa shape index (κ1) is 15.4. The van der Waals surface area contributed by atoms with Crippen molar-refractivity contribution >= 4 is 17.5 Å². The summed E-state index contributed by atoms with van der Waals surface area (Å²) in [5, 5.41) is 22.8. The zero-order valence-electron chi connectivity index (χ0n) is 11.8. The first-order chi connectivity index (χ1) is 10.5. The molecule has 2 aromatic rings. The van der Waals surface area contributed by atoms with Gasteiger partial charge < -0.3 is 10.4 Å². The van der Waals surface area contributed by atoms with Crippen molar-refractivity contribution in [3.05, 3.63) is 46.1 Å². The number of aromatic carboxylic acids is 1. The molecule has 8 heteroatoms. The quantitative estimate of drug-likeness (QED) is 0.621. The fourth-order valence-electron chi connectivity index (χ4n) is 1.76. The van der Waals surface area contributed by atoms with E-state index in [1.165, 1.54) is 30.3 Å². The number of hydrogen-bond donors (Lipinski definition) is 2. The summed E-state index contributed by atoms with van der Waals surface area (Å²) >= 11 is 0. The van der Waals surface area contributed by atoms with Gasteiger partial charge in [0.2, 0.25) is 0 Å². The Morgan fingerprint density at radius 2 is 2.00 bits per heavy atom. The fraction of sp³-hybridized carbons (Fsp3) is 0.214. The number of anilines is 1. The van der Waals surface area contributed by atoms with Crippen LogP contribution in [0.5, 0.6) is 0 Å². The Labute approximate surface area is 126 Å². The number of benzene rings is 1. The number of carboxylic acids is 1. The minimum absolute atomic E-state index is 0.0533. The number of aromatic nitrogens is 2. The first-order valence-electron chi connectivity index (χ1n) is 6.62. The van der Waals surface area contributed by atoms with Gasteiger partial charge in [0, 0.05) is 30.3 Å². The Morgan fingerprint density at radius 3 is 2.55 bits per heavy atom. The summed E-state index contributed by atoms with van der Waals surface area (Å²) in [5.41, 5.74) is 0.317. The van der Waals surface area contributed by atoms with Crippen LogP contribution in [-0.2, 0) is 0 Å². The van der Waals surface area contributed by atoms with Gasteiger partial charge in [-0.05, 0) is 18.6 Å². The Hall–Kier alpha value is -3.03. The van der Waals surface area contributed by atoms with Crippen LogP contribution < -0.4 is 5.32 Å². The molecule has 0 bridgehead atoms. The zero-order chi connectivity index (χ0) is 16.1. The number of nitro groups is 1. The van der Waals surface area contributed by atoms with Gasteiger partial charge in [-0.15, -0.1) is 0 Å². The van der Waals surface area contributed by atoms with Crippen molar-refractivity contribution in [2.75, 3.05) is 11.9 Å². The number of nitro benzene ring substituents is 1. The van der Waals surface area contributed by atoms with Crippen LogP contribution in [0.4, 0.5) is 11.5 Å². The van der Waals surface area contributed by atoms with Gasteiger partial charge in [0.25, 0.3) is 5.69 Å². The molecule has 0 unspecified atom stereocenters. The van der Waals surface area contributed by atoms with Gasteiger partial charge in [-0.3, -0.25) is 10.1 Å². The molecule has 0 fully saturated rings. The standard InChI is InChI=1S/C14H14N4O4/c1-2-7-15-12-8-11(14(19)20)16-13(17-12)9-3-5-10(6-4-9)18(21)22/h3-6,8H,2,7H2,1H3,(H,19,20)(H,15,16,17). The van der Waals surface area contributed by atoms with Crippen molar-refractivity contribution < 1.29 is 14.8 Å². The van der Waals surface area contributed by atoms with Gasteiger partial charge in [0.1, 0.15) is 5.82 Å². The number of rotatable bonds is 6. The molecular formula is C14H14N4O4. The van der Waals surface area contributed by atoms with Gasteiger partial charge in [-0.25, -0.2) is 14.8 Å². The van der Waals surface area contributed by atoms with E-state index >= 15 is 0 Å². The molecule has 0 saturated heterocycles. The lowest BCUT2D eigenvalue weighted by Gasteiger charge is -2.07. The van der Waals surface area contributed by atoms with E-state index < -0.39 is 10.9 Å². The summed E-state index contributed by atoms with van der Waals surface area (Å²) in [7, 11) is 0. The molecule has 8 nitrogen and oxygen atoms in total. The highest BCUT2D eigenvalue weighted by Gasteiger charge is 2.13. The second kappa shape index (κ2) is 6.61. The van der Waals surface area contributed by atoms with E-state index in [9.17, 15) is 14.9 Å². The van der Waals surface area contributed by atoms with Crippen LogP contribution in [0.1, 0.15) is 23.8 Å². The van der Waals surface area contributed by atoms with Crippen LogP contribution in [0.2, 0.25) is 0 Å². The van der Waals surface area contributed by atoms with Crippen molar-refractivity contribution in [3.8, 4) is 11.4 Å². The molecule has 2 N–H and O–H groups in total. The van der Waals surface area contributed by atoms with Gasteiger partial charge >= 0.3 is 5.97 Å². The van der Waals surface area contributed by atoms with Crippen molar-refractivity contribution in [2.45, 2.75) is 13.3 Å². The first-order valence-corrected chi connectivity index (χ1v) is 6.62. The molecule has 0 aliphatic heterocycles. The van der Waals surface area contributed by atoms with Crippen molar-refractivity contribution in [3.63, 3.8) is 0 Å². The Balaban J connectivity index is 2.41. The molecule has 0 aliphatic rings. The van der Waals surface area contributed by atoms with Gasteiger partial charge in [0.15, 0.2) is 11.5 Å². The normalized spacial score (nSPS) is 10.2. The van der Waals surface area contributed by atoms with Crippen LogP contribution in [0.3, 0.4) is 0 Å². The number of carboxylic acid groups (broad SMARTS) is 1. The highest BCUT2D eigenvalue weighted by atomic mass is 16.6. The number of hydrogen-bond acceptors (Lipinski definition) is 6. The summed E-state index contributed by atoms with van der Waals surface area (Å²) in [4.78, 5) is 29.5. The van der Waals surface area contributed by atoms with Gasteiger partial charge in [0.05, 0.1) is 4.92 Å². The molecule has 0 amide bonds. The molecule has 0 saturated carbocycles. The maximum Gasteiger partial charge on any atom is 0.354 e. The smallest absolute Gasteiger partial charge is 0.354 e. The average Bonchev–Trinajstić information content (AvgIpc) is 2.52. The molecule has 2 rings (SSSR count). The Morgan fingerprint density at radius 1 is 1.32 bits per heavy atom. The lowest BCUT2D eigenvalue weighted by atomic mass is 10.2. The van der Waals surface area contributed by atoms with E-state index in [0.717, 1.165) is 6.42 Å². The Bertz CT molecular complexity index is 700. The molecule has 22 heavy (non-hydrogen) atoms. The highest BCUT2D eigenvalue weighted by molar-refractivity contribution is 5.87.